The highest BCUT2D eigenvalue weighted by Gasteiger charge is 2.38. The fourth-order valence-electron chi connectivity index (χ4n) is 4.30. The first kappa shape index (κ1) is 28.1. The van der Waals surface area contributed by atoms with E-state index in [1.165, 1.54) is 4.31 Å². The second-order valence-electron chi connectivity index (χ2n) is 9.83. The number of aryl methyl sites for hydroxylation is 1. The molecule has 0 radical (unpaired) electrons. The van der Waals surface area contributed by atoms with E-state index in [-0.39, 0.29) is 17.4 Å². The number of hydrogen-bond acceptors (Lipinski definition) is 4. The lowest BCUT2D eigenvalue weighted by atomic mass is 10.0. The Morgan fingerprint density at radius 2 is 1.36 bits per heavy atom. The predicted octanol–water partition coefficient (Wildman–Crippen LogP) is 6.43. The molecule has 0 heterocycles. The van der Waals surface area contributed by atoms with Crippen LogP contribution in [0.15, 0.2) is 114 Å². The molecule has 0 aliphatic carbocycles. The van der Waals surface area contributed by atoms with Crippen molar-refractivity contribution >= 4 is 21.6 Å². The van der Waals surface area contributed by atoms with Gasteiger partial charge in [-0.3, -0.25) is 4.79 Å². The smallest absolute Gasteiger partial charge is 0.244 e. The summed E-state index contributed by atoms with van der Waals surface area (Å²) in [7, 11) is -3.99. The molecular formula is C32H34N2O4S. The zero-order chi connectivity index (χ0) is 27.8. The van der Waals surface area contributed by atoms with Crippen LogP contribution in [0.3, 0.4) is 0 Å². The van der Waals surface area contributed by atoms with Gasteiger partial charge < -0.3 is 10.1 Å². The lowest BCUT2D eigenvalue weighted by Crippen LogP contribution is -2.49. The van der Waals surface area contributed by atoms with E-state index in [1.54, 1.807) is 48.5 Å². The van der Waals surface area contributed by atoms with Crippen molar-refractivity contribution in [2.45, 2.75) is 44.9 Å². The molecule has 0 aliphatic rings. The van der Waals surface area contributed by atoms with Crippen molar-refractivity contribution in [2.24, 2.45) is 5.92 Å². The van der Waals surface area contributed by atoms with Gasteiger partial charge in [0.1, 0.15) is 18.4 Å². The van der Waals surface area contributed by atoms with Gasteiger partial charge in [0.05, 0.1) is 4.90 Å². The van der Waals surface area contributed by atoms with Gasteiger partial charge in [-0.2, -0.15) is 4.31 Å². The van der Waals surface area contributed by atoms with Gasteiger partial charge in [-0.25, -0.2) is 8.42 Å². The van der Waals surface area contributed by atoms with E-state index >= 15 is 0 Å². The van der Waals surface area contributed by atoms with Crippen molar-refractivity contribution in [3.63, 3.8) is 0 Å². The summed E-state index contributed by atoms with van der Waals surface area (Å²) in [4.78, 5) is 13.8. The van der Waals surface area contributed by atoms with Crippen molar-refractivity contribution in [1.82, 2.24) is 4.31 Å². The predicted molar refractivity (Wildman–Crippen MR) is 155 cm³/mol. The molecule has 4 aromatic carbocycles. The molecule has 4 rings (SSSR count). The third-order valence-electron chi connectivity index (χ3n) is 6.39. The zero-order valence-electron chi connectivity index (χ0n) is 22.4. The first-order valence-corrected chi connectivity index (χ1v) is 14.4. The fourth-order valence-corrected chi connectivity index (χ4v) is 6.01. The Labute approximate surface area is 231 Å². The van der Waals surface area contributed by atoms with Crippen molar-refractivity contribution < 1.29 is 17.9 Å². The van der Waals surface area contributed by atoms with E-state index < -0.39 is 22.0 Å². The van der Waals surface area contributed by atoms with Gasteiger partial charge >= 0.3 is 0 Å². The summed E-state index contributed by atoms with van der Waals surface area (Å²) in [5.74, 6) is -0.0121. The summed E-state index contributed by atoms with van der Waals surface area (Å²) in [6.07, 6.45) is 0. The lowest BCUT2D eigenvalue weighted by molar-refractivity contribution is -0.121. The largest absolute Gasteiger partial charge is 0.489 e. The van der Waals surface area contributed by atoms with Crippen LogP contribution in [-0.4, -0.2) is 24.7 Å². The molecule has 1 amide bonds. The summed E-state index contributed by atoms with van der Waals surface area (Å²) in [6, 6.07) is 32.0. The third kappa shape index (κ3) is 7.34. The Balaban J connectivity index is 1.56. The molecule has 0 aliphatic heterocycles. The van der Waals surface area contributed by atoms with Gasteiger partial charge in [-0.05, 0) is 60.4 Å². The molecule has 6 nitrogen and oxygen atoms in total. The van der Waals surface area contributed by atoms with Crippen LogP contribution in [0.4, 0.5) is 5.69 Å². The number of sulfonamides is 1. The average molecular weight is 543 g/mol. The number of nitrogens with one attached hydrogen (secondary N) is 1. The highest BCUT2D eigenvalue weighted by atomic mass is 32.2. The zero-order valence-corrected chi connectivity index (χ0v) is 23.3. The number of nitrogens with zero attached hydrogens (tertiary/aromatic N) is 1. The van der Waals surface area contributed by atoms with Crippen LogP contribution in [-0.2, 0) is 28.0 Å². The quantitative estimate of drug-likeness (QED) is 0.237. The number of anilines is 1. The average Bonchev–Trinajstić information content (AvgIpc) is 2.93. The van der Waals surface area contributed by atoms with E-state index in [1.807, 2.05) is 81.4 Å². The van der Waals surface area contributed by atoms with Gasteiger partial charge in [0.15, 0.2) is 0 Å². The van der Waals surface area contributed by atoms with Crippen molar-refractivity contribution in [2.75, 3.05) is 5.32 Å². The number of carbonyl (C=O) groups is 1. The summed E-state index contributed by atoms with van der Waals surface area (Å²) in [5.41, 5.74) is 3.37. The number of ether oxygens (including phenoxy) is 1. The van der Waals surface area contributed by atoms with Crippen molar-refractivity contribution in [1.29, 1.82) is 0 Å². The van der Waals surface area contributed by atoms with Gasteiger partial charge in [-0.1, -0.05) is 92.2 Å². The van der Waals surface area contributed by atoms with E-state index in [4.69, 9.17) is 4.74 Å². The van der Waals surface area contributed by atoms with Crippen LogP contribution in [0.2, 0.25) is 0 Å². The monoisotopic (exact) mass is 542 g/mol. The van der Waals surface area contributed by atoms with E-state index in [2.05, 4.69) is 5.32 Å². The molecule has 1 atom stereocenters. The molecule has 1 unspecified atom stereocenters. The maximum atomic E-state index is 13.9. The first-order valence-electron chi connectivity index (χ1n) is 12.9. The summed E-state index contributed by atoms with van der Waals surface area (Å²) >= 11 is 0. The molecule has 0 saturated carbocycles. The minimum atomic E-state index is -3.99. The van der Waals surface area contributed by atoms with Crippen LogP contribution in [0.25, 0.3) is 0 Å². The Kier molecular flexibility index (Phi) is 9.17. The minimum Gasteiger partial charge on any atom is -0.489 e. The molecule has 0 bridgehead atoms. The fraction of sp³-hybridized carbons (Fsp3) is 0.219. The first-order chi connectivity index (χ1) is 18.7. The Morgan fingerprint density at radius 3 is 1.92 bits per heavy atom. The topological polar surface area (TPSA) is 75.7 Å². The summed E-state index contributed by atoms with van der Waals surface area (Å²) < 4.78 is 35.0. The molecule has 39 heavy (non-hydrogen) atoms. The maximum absolute atomic E-state index is 13.9. The van der Waals surface area contributed by atoms with Gasteiger partial charge in [-0.15, -0.1) is 0 Å². The van der Waals surface area contributed by atoms with Crippen molar-refractivity contribution in [3.8, 4) is 5.75 Å². The number of hydrogen-bond donors (Lipinski definition) is 1. The second-order valence-corrected chi connectivity index (χ2v) is 11.7. The summed E-state index contributed by atoms with van der Waals surface area (Å²) in [5, 5.41) is 2.92. The van der Waals surface area contributed by atoms with Crippen LogP contribution in [0, 0.1) is 12.8 Å². The molecular weight excluding hydrogens is 508 g/mol. The highest BCUT2D eigenvalue weighted by molar-refractivity contribution is 7.89. The van der Waals surface area contributed by atoms with Gasteiger partial charge in [0.2, 0.25) is 15.9 Å². The van der Waals surface area contributed by atoms with E-state index in [0.29, 0.717) is 18.0 Å². The molecule has 7 heteroatoms. The van der Waals surface area contributed by atoms with Crippen LogP contribution < -0.4 is 10.1 Å². The van der Waals surface area contributed by atoms with E-state index in [0.717, 1.165) is 16.7 Å². The molecule has 1 N–H and O–H groups in total. The number of rotatable bonds is 11. The Bertz CT molecular complexity index is 1450. The van der Waals surface area contributed by atoms with Crippen LogP contribution >= 0.6 is 0 Å². The molecule has 202 valence electrons. The highest BCUT2D eigenvalue weighted by Crippen LogP contribution is 2.27. The number of carbonyl (C=O) groups excluding carboxylic acids is 1. The SMILES string of the molecule is Cc1ccc(S(=O)(=O)N(Cc2ccccc2)C(C(=O)Nc2ccc(OCc3ccccc3)cc2)C(C)C)cc1. The molecule has 0 saturated heterocycles. The van der Waals surface area contributed by atoms with Gasteiger partial charge in [0.25, 0.3) is 0 Å². The summed E-state index contributed by atoms with van der Waals surface area (Å²) in [6.45, 7) is 6.12. The maximum Gasteiger partial charge on any atom is 0.244 e. The normalized spacial score (nSPS) is 12.3. The van der Waals surface area contributed by atoms with Crippen molar-refractivity contribution in [3.05, 3.63) is 126 Å². The second kappa shape index (κ2) is 12.7. The Hall–Kier alpha value is -3.94. The third-order valence-corrected chi connectivity index (χ3v) is 8.23. The lowest BCUT2D eigenvalue weighted by Gasteiger charge is -2.32. The van der Waals surface area contributed by atoms with Crippen LogP contribution in [0.1, 0.15) is 30.5 Å². The Morgan fingerprint density at radius 1 is 0.795 bits per heavy atom. The minimum absolute atomic E-state index is 0.0690. The van der Waals surface area contributed by atoms with Crippen LogP contribution in [0.5, 0.6) is 5.75 Å². The molecule has 0 fully saturated rings. The van der Waals surface area contributed by atoms with E-state index in [9.17, 15) is 13.2 Å². The molecule has 4 aromatic rings. The molecule has 0 aromatic heterocycles. The standard InChI is InChI=1S/C32H34N2O4S/c1-24(2)31(32(35)33-28-16-18-29(19-17-28)38-23-27-12-8-5-9-13-27)34(22-26-10-6-4-7-11-26)39(36,37)30-20-14-25(3)15-21-30/h4-21,24,31H,22-23H2,1-3H3,(H,33,35). The number of benzene rings is 4. The van der Waals surface area contributed by atoms with Gasteiger partial charge in [0, 0.05) is 12.2 Å². The number of amides is 1. The molecule has 0 spiro atoms.